The predicted molar refractivity (Wildman–Crippen MR) is 147 cm³/mol. The summed E-state index contributed by atoms with van der Waals surface area (Å²) in [5.74, 6) is 0.188. The number of benzene rings is 4. The number of hydrogen-bond acceptors (Lipinski definition) is 7. The topological polar surface area (TPSA) is 115 Å². The Hall–Kier alpha value is -5.44. The molecule has 0 spiro atoms. The fraction of sp³-hybridized carbons (Fsp3) is 0.0667. The first kappa shape index (κ1) is 26.6. The van der Waals surface area contributed by atoms with Gasteiger partial charge in [0.15, 0.2) is 0 Å². The van der Waals surface area contributed by atoms with E-state index in [1.54, 1.807) is 105 Å². The number of para-hydroxylation sites is 1. The lowest BCUT2D eigenvalue weighted by Crippen LogP contribution is -2.18. The molecule has 4 aromatic rings. The van der Waals surface area contributed by atoms with Gasteiger partial charge in [0, 0.05) is 22.4 Å². The molecule has 196 valence electrons. The quantitative estimate of drug-likeness (QED) is 0.139. The van der Waals surface area contributed by atoms with Crippen molar-refractivity contribution in [2.45, 2.75) is 0 Å². The summed E-state index contributed by atoms with van der Waals surface area (Å²) in [4.78, 5) is 37.7. The second kappa shape index (κ2) is 12.7. The number of methoxy groups -OCH3 is 2. The van der Waals surface area contributed by atoms with Gasteiger partial charge in [0.25, 0.3) is 11.8 Å². The van der Waals surface area contributed by atoms with Gasteiger partial charge in [0.1, 0.15) is 17.2 Å². The molecule has 0 saturated carbocycles. The molecule has 39 heavy (non-hydrogen) atoms. The lowest BCUT2D eigenvalue weighted by molar-refractivity contribution is 0.0733. The third-order valence-corrected chi connectivity index (χ3v) is 5.55. The Balaban J connectivity index is 1.38. The Labute approximate surface area is 225 Å². The van der Waals surface area contributed by atoms with Crippen molar-refractivity contribution in [2.24, 2.45) is 5.10 Å². The normalized spacial score (nSPS) is 10.5. The molecule has 0 saturated heterocycles. The lowest BCUT2D eigenvalue weighted by atomic mass is 10.1. The maximum atomic E-state index is 12.7. The highest BCUT2D eigenvalue weighted by Gasteiger charge is 2.12. The third kappa shape index (κ3) is 7.07. The first-order valence-electron chi connectivity index (χ1n) is 11.8. The second-order valence-electron chi connectivity index (χ2n) is 8.12. The molecule has 0 aliphatic rings. The lowest BCUT2D eigenvalue weighted by Gasteiger charge is -2.08. The number of carbonyl (C=O) groups excluding carboxylic acids is 3. The molecule has 0 unspecified atom stereocenters. The van der Waals surface area contributed by atoms with Gasteiger partial charge >= 0.3 is 5.97 Å². The van der Waals surface area contributed by atoms with Crippen LogP contribution < -0.4 is 25.0 Å². The van der Waals surface area contributed by atoms with E-state index >= 15 is 0 Å². The van der Waals surface area contributed by atoms with Gasteiger partial charge in [0.2, 0.25) is 0 Å². The van der Waals surface area contributed by atoms with Crippen LogP contribution in [0.4, 0.5) is 5.69 Å². The van der Waals surface area contributed by atoms with Crippen molar-refractivity contribution in [3.63, 3.8) is 0 Å². The summed E-state index contributed by atoms with van der Waals surface area (Å²) in [6.45, 7) is 0. The number of rotatable bonds is 9. The van der Waals surface area contributed by atoms with Gasteiger partial charge < -0.3 is 19.5 Å². The fourth-order valence-electron chi connectivity index (χ4n) is 3.47. The Kier molecular flexibility index (Phi) is 8.66. The Bertz CT molecular complexity index is 1500. The number of hydrogen-bond donors (Lipinski definition) is 2. The molecule has 2 amide bonds. The van der Waals surface area contributed by atoms with E-state index in [2.05, 4.69) is 15.8 Å². The van der Waals surface area contributed by atoms with Crippen LogP contribution in [-0.4, -0.2) is 38.2 Å². The maximum Gasteiger partial charge on any atom is 0.343 e. The summed E-state index contributed by atoms with van der Waals surface area (Å²) in [5.41, 5.74) is 4.47. The number of nitrogens with zero attached hydrogens (tertiary/aromatic N) is 1. The van der Waals surface area contributed by atoms with Gasteiger partial charge in [-0.15, -0.1) is 0 Å². The molecule has 2 N–H and O–H groups in total. The number of ether oxygens (including phenoxy) is 3. The first-order chi connectivity index (χ1) is 19.0. The number of esters is 1. The molecule has 0 fully saturated rings. The zero-order valence-electron chi connectivity index (χ0n) is 21.2. The van der Waals surface area contributed by atoms with E-state index in [9.17, 15) is 14.4 Å². The molecule has 0 bridgehead atoms. The summed E-state index contributed by atoms with van der Waals surface area (Å²) in [6, 6.07) is 26.5. The van der Waals surface area contributed by atoms with Crippen molar-refractivity contribution < 1.29 is 28.6 Å². The molecular formula is C30H25N3O6. The monoisotopic (exact) mass is 523 g/mol. The van der Waals surface area contributed by atoms with Crippen LogP contribution in [0.3, 0.4) is 0 Å². The van der Waals surface area contributed by atoms with Crippen molar-refractivity contribution in [2.75, 3.05) is 19.5 Å². The van der Waals surface area contributed by atoms with Crippen molar-refractivity contribution in [1.29, 1.82) is 0 Å². The van der Waals surface area contributed by atoms with Crippen molar-refractivity contribution in [3.8, 4) is 17.2 Å². The molecular weight excluding hydrogens is 498 g/mol. The van der Waals surface area contributed by atoms with Crippen LogP contribution in [0, 0.1) is 0 Å². The van der Waals surface area contributed by atoms with E-state index in [0.717, 1.165) is 0 Å². The van der Waals surface area contributed by atoms with Gasteiger partial charge in [-0.3, -0.25) is 9.59 Å². The van der Waals surface area contributed by atoms with E-state index in [4.69, 9.17) is 14.2 Å². The Morgan fingerprint density at radius 1 is 0.692 bits per heavy atom. The number of nitrogens with one attached hydrogen (secondary N) is 2. The molecule has 0 aliphatic carbocycles. The van der Waals surface area contributed by atoms with E-state index in [1.165, 1.54) is 12.3 Å². The minimum atomic E-state index is -0.545. The van der Waals surface area contributed by atoms with Crippen LogP contribution in [0.2, 0.25) is 0 Å². The second-order valence-corrected chi connectivity index (χ2v) is 8.12. The summed E-state index contributed by atoms with van der Waals surface area (Å²) in [5, 5.41) is 6.77. The highest BCUT2D eigenvalue weighted by molar-refractivity contribution is 6.05. The van der Waals surface area contributed by atoms with Gasteiger partial charge in [-0.25, -0.2) is 10.2 Å². The predicted octanol–water partition coefficient (Wildman–Crippen LogP) is 4.94. The zero-order valence-corrected chi connectivity index (χ0v) is 21.2. The van der Waals surface area contributed by atoms with Gasteiger partial charge in [-0.2, -0.15) is 5.10 Å². The van der Waals surface area contributed by atoms with Crippen LogP contribution in [0.15, 0.2) is 102 Å². The van der Waals surface area contributed by atoms with Crippen LogP contribution >= 0.6 is 0 Å². The van der Waals surface area contributed by atoms with Crippen LogP contribution in [0.1, 0.15) is 36.6 Å². The van der Waals surface area contributed by atoms with E-state index < -0.39 is 11.9 Å². The number of carbonyl (C=O) groups is 3. The molecule has 4 rings (SSSR count). The largest absolute Gasteiger partial charge is 0.497 e. The fourth-order valence-corrected chi connectivity index (χ4v) is 3.47. The van der Waals surface area contributed by atoms with E-state index in [1.807, 2.05) is 0 Å². The van der Waals surface area contributed by atoms with Crippen LogP contribution in [0.5, 0.6) is 17.2 Å². The summed E-state index contributed by atoms with van der Waals surface area (Å²) in [7, 11) is 3.09. The molecule has 0 atom stereocenters. The van der Waals surface area contributed by atoms with Gasteiger partial charge in [-0.05, 0) is 78.9 Å². The van der Waals surface area contributed by atoms with E-state index in [0.29, 0.717) is 39.4 Å². The third-order valence-electron chi connectivity index (χ3n) is 5.55. The van der Waals surface area contributed by atoms with Gasteiger partial charge in [-0.1, -0.05) is 18.2 Å². The molecule has 0 aliphatic heterocycles. The summed E-state index contributed by atoms with van der Waals surface area (Å²) >= 11 is 0. The molecule has 4 aromatic carbocycles. The smallest absolute Gasteiger partial charge is 0.343 e. The van der Waals surface area contributed by atoms with Crippen molar-refractivity contribution >= 4 is 29.7 Å². The van der Waals surface area contributed by atoms with Gasteiger partial charge in [0.05, 0.1) is 26.0 Å². The van der Waals surface area contributed by atoms with E-state index in [-0.39, 0.29) is 11.7 Å². The average molecular weight is 524 g/mol. The molecule has 0 aromatic heterocycles. The molecule has 0 radical (unpaired) electrons. The number of anilines is 1. The highest BCUT2D eigenvalue weighted by Crippen LogP contribution is 2.19. The molecule has 9 heteroatoms. The number of amides is 2. The maximum absolute atomic E-state index is 12.7. The zero-order chi connectivity index (χ0) is 27.6. The standard InChI is InChI=1S/C30H25N3O6/c1-37-25-14-10-20(11-15-25)28(34)32-24-8-5-7-22(18-24)29(35)33-31-19-23-6-3-4-9-27(23)39-30(36)21-12-16-26(38-2)17-13-21/h3-19H,1-2H3,(H,32,34)(H,33,35). The minimum absolute atomic E-state index is 0.277. The highest BCUT2D eigenvalue weighted by atomic mass is 16.5. The van der Waals surface area contributed by atoms with Crippen LogP contribution in [-0.2, 0) is 0 Å². The minimum Gasteiger partial charge on any atom is -0.497 e. The molecule has 0 heterocycles. The van der Waals surface area contributed by atoms with Crippen molar-refractivity contribution in [3.05, 3.63) is 119 Å². The Morgan fingerprint density at radius 3 is 2.00 bits per heavy atom. The summed E-state index contributed by atoms with van der Waals surface area (Å²) < 4.78 is 15.7. The SMILES string of the molecule is COc1ccc(C(=O)Nc2cccc(C(=O)NN=Cc3ccccc3OC(=O)c3ccc(OC)cc3)c2)cc1. The molecule has 9 nitrogen and oxygen atoms in total. The first-order valence-corrected chi connectivity index (χ1v) is 11.8. The Morgan fingerprint density at radius 2 is 1.33 bits per heavy atom. The summed E-state index contributed by atoms with van der Waals surface area (Å²) in [6.07, 6.45) is 1.38. The number of hydrazone groups is 1. The van der Waals surface area contributed by atoms with Crippen LogP contribution in [0.25, 0.3) is 0 Å². The van der Waals surface area contributed by atoms with Crippen molar-refractivity contribution in [1.82, 2.24) is 5.43 Å². The average Bonchev–Trinajstić information content (AvgIpc) is 2.98.